The van der Waals surface area contributed by atoms with E-state index < -0.39 is 0 Å². The Morgan fingerprint density at radius 2 is 1.56 bits per heavy atom. The van der Waals surface area contributed by atoms with Crippen LogP contribution in [0.15, 0.2) is 78.9 Å². The molecule has 0 fully saturated rings. The van der Waals surface area contributed by atoms with Gasteiger partial charge in [-0.05, 0) is 60.1 Å². The Hall–Kier alpha value is -3.07. The molecule has 0 radical (unpaired) electrons. The van der Waals surface area contributed by atoms with Gasteiger partial charge in [-0.3, -0.25) is 4.79 Å². The van der Waals surface area contributed by atoms with Crippen LogP contribution >= 0.6 is 0 Å². The molecule has 190 valence electrons. The summed E-state index contributed by atoms with van der Waals surface area (Å²) in [5.74, 6) is 1.15. The Labute approximate surface area is 217 Å². The number of benzene rings is 3. The quantitative estimate of drug-likeness (QED) is 0.228. The minimum absolute atomic E-state index is 0.163. The highest BCUT2D eigenvalue weighted by Crippen LogP contribution is 2.36. The molecule has 1 aliphatic rings. The summed E-state index contributed by atoms with van der Waals surface area (Å²) in [6.07, 6.45) is 11.1. The van der Waals surface area contributed by atoms with Crippen molar-refractivity contribution in [3.8, 4) is 5.75 Å². The molecule has 0 N–H and O–H groups in total. The first-order valence-corrected chi connectivity index (χ1v) is 13.9. The van der Waals surface area contributed by atoms with E-state index in [1.165, 1.54) is 36.8 Å². The Balaban J connectivity index is 1.42. The smallest absolute Gasteiger partial charge is 0.223 e. The van der Waals surface area contributed by atoms with Gasteiger partial charge in [0, 0.05) is 13.0 Å². The summed E-state index contributed by atoms with van der Waals surface area (Å²) in [7, 11) is 0. The van der Waals surface area contributed by atoms with Crippen LogP contribution in [0.2, 0.25) is 0 Å². The maximum absolute atomic E-state index is 13.6. The zero-order valence-corrected chi connectivity index (χ0v) is 21.8. The van der Waals surface area contributed by atoms with Crippen LogP contribution < -0.4 is 4.74 Å². The minimum Gasteiger partial charge on any atom is -0.489 e. The minimum atomic E-state index is 0.163. The molecule has 0 saturated carbocycles. The molecular weight excluding hydrogens is 442 g/mol. The normalized spacial score (nSPS) is 14.8. The lowest BCUT2D eigenvalue weighted by atomic mass is 9.86. The molecule has 3 aromatic carbocycles. The molecular formula is C33H41NO2. The van der Waals surface area contributed by atoms with Gasteiger partial charge in [-0.1, -0.05) is 106 Å². The molecule has 0 spiro atoms. The van der Waals surface area contributed by atoms with Gasteiger partial charge >= 0.3 is 0 Å². The summed E-state index contributed by atoms with van der Waals surface area (Å²) < 4.78 is 5.98. The molecule has 1 amide bonds. The largest absolute Gasteiger partial charge is 0.489 e. The van der Waals surface area contributed by atoms with Gasteiger partial charge in [0.15, 0.2) is 0 Å². The second-order valence-electron chi connectivity index (χ2n) is 10.1. The average molecular weight is 484 g/mol. The van der Waals surface area contributed by atoms with Gasteiger partial charge in [-0.15, -0.1) is 0 Å². The zero-order valence-electron chi connectivity index (χ0n) is 21.8. The van der Waals surface area contributed by atoms with Gasteiger partial charge in [0.25, 0.3) is 0 Å². The lowest BCUT2D eigenvalue weighted by Crippen LogP contribution is -2.36. The molecule has 3 nitrogen and oxygen atoms in total. The second-order valence-corrected chi connectivity index (χ2v) is 10.1. The Morgan fingerprint density at radius 1 is 0.833 bits per heavy atom. The van der Waals surface area contributed by atoms with E-state index >= 15 is 0 Å². The maximum atomic E-state index is 13.6. The number of carbonyl (C=O) groups is 1. The van der Waals surface area contributed by atoms with Crippen molar-refractivity contribution >= 4 is 5.91 Å². The summed E-state index contributed by atoms with van der Waals surface area (Å²) in [5.41, 5.74) is 5.05. The maximum Gasteiger partial charge on any atom is 0.223 e. The van der Waals surface area contributed by atoms with Gasteiger partial charge in [-0.2, -0.15) is 0 Å². The predicted octanol–water partition coefficient (Wildman–Crippen LogP) is 8.42. The van der Waals surface area contributed by atoms with Crippen molar-refractivity contribution in [1.82, 2.24) is 4.90 Å². The summed E-state index contributed by atoms with van der Waals surface area (Å²) >= 11 is 0. The highest BCUT2D eigenvalue weighted by Gasteiger charge is 2.29. The van der Waals surface area contributed by atoms with Crippen molar-refractivity contribution < 1.29 is 9.53 Å². The zero-order chi connectivity index (χ0) is 25.0. The number of aryl methyl sites for hydroxylation is 1. The molecule has 3 aromatic rings. The van der Waals surface area contributed by atoms with Crippen LogP contribution in [0.3, 0.4) is 0 Å². The number of fused-ring (bicyclic) bond motifs is 1. The third-order valence-corrected chi connectivity index (χ3v) is 7.30. The Bertz CT molecular complexity index is 1060. The van der Waals surface area contributed by atoms with E-state index in [-0.39, 0.29) is 11.9 Å². The number of ether oxygens (including phenoxy) is 1. The monoisotopic (exact) mass is 483 g/mol. The van der Waals surface area contributed by atoms with Gasteiger partial charge in [-0.25, -0.2) is 0 Å². The molecule has 0 aliphatic heterocycles. The molecule has 1 aliphatic carbocycles. The van der Waals surface area contributed by atoms with Crippen molar-refractivity contribution in [2.75, 3.05) is 0 Å². The molecule has 1 unspecified atom stereocenters. The number of nitrogens with zero attached hydrogens (tertiary/aromatic N) is 1. The summed E-state index contributed by atoms with van der Waals surface area (Å²) in [4.78, 5) is 15.7. The lowest BCUT2D eigenvalue weighted by molar-refractivity contribution is -0.135. The predicted molar refractivity (Wildman–Crippen MR) is 148 cm³/mol. The van der Waals surface area contributed by atoms with Crippen molar-refractivity contribution in [3.63, 3.8) is 0 Å². The molecule has 1 atom stereocenters. The Kier molecular flexibility index (Phi) is 10.0. The van der Waals surface area contributed by atoms with Crippen LogP contribution in [0.25, 0.3) is 0 Å². The highest BCUT2D eigenvalue weighted by atomic mass is 16.5. The topological polar surface area (TPSA) is 29.5 Å². The Morgan fingerprint density at radius 3 is 2.36 bits per heavy atom. The summed E-state index contributed by atoms with van der Waals surface area (Å²) in [6, 6.07) is 27.4. The van der Waals surface area contributed by atoms with Crippen molar-refractivity contribution in [1.29, 1.82) is 0 Å². The first-order chi connectivity index (χ1) is 17.7. The van der Waals surface area contributed by atoms with Crippen molar-refractivity contribution in [2.24, 2.45) is 0 Å². The molecule has 3 heteroatoms. The first kappa shape index (κ1) is 26.0. The number of hydrogen-bond acceptors (Lipinski definition) is 2. The van der Waals surface area contributed by atoms with Crippen molar-refractivity contribution in [2.45, 2.75) is 90.3 Å². The van der Waals surface area contributed by atoms with Crippen LogP contribution in [0, 0.1) is 0 Å². The summed E-state index contributed by atoms with van der Waals surface area (Å²) in [6.45, 7) is 3.44. The molecule has 0 aromatic heterocycles. The lowest BCUT2D eigenvalue weighted by Gasteiger charge is -2.36. The van der Waals surface area contributed by atoms with Crippen LogP contribution in [0.4, 0.5) is 0 Å². The first-order valence-electron chi connectivity index (χ1n) is 13.9. The molecule has 0 saturated heterocycles. The SMILES string of the molecule is CCCCCCCCC(=O)N(Cc1ccc(OCc2ccccc2)cc1)C1CCCc2ccccc21. The van der Waals surface area contributed by atoms with Crippen LogP contribution in [0.5, 0.6) is 5.75 Å². The van der Waals surface area contributed by atoms with Gasteiger partial charge in [0.2, 0.25) is 5.91 Å². The number of carbonyl (C=O) groups excluding carboxylic acids is 1. The third-order valence-electron chi connectivity index (χ3n) is 7.30. The van der Waals surface area contributed by atoms with E-state index in [1.807, 2.05) is 30.3 Å². The standard InChI is InChI=1S/C33H41NO2/c1-2-3-4-5-6-10-20-33(35)34(32-19-13-17-29-16-11-12-18-31(29)32)25-27-21-23-30(24-22-27)36-26-28-14-8-7-9-15-28/h7-9,11-12,14-16,18,21-24,32H,2-6,10,13,17,19-20,25-26H2,1H3. The fourth-order valence-electron chi connectivity index (χ4n) is 5.25. The molecule has 0 bridgehead atoms. The molecule has 0 heterocycles. The van der Waals surface area contributed by atoms with Gasteiger partial charge < -0.3 is 9.64 Å². The average Bonchev–Trinajstić information content (AvgIpc) is 2.93. The fourth-order valence-corrected chi connectivity index (χ4v) is 5.25. The van der Waals surface area contributed by atoms with Crippen LogP contribution in [-0.2, 0) is 24.4 Å². The number of hydrogen-bond donors (Lipinski definition) is 0. The second kappa shape index (κ2) is 13.9. The third kappa shape index (κ3) is 7.46. The van der Waals surface area contributed by atoms with E-state index in [2.05, 4.69) is 60.4 Å². The van der Waals surface area contributed by atoms with E-state index in [0.29, 0.717) is 19.6 Å². The molecule has 36 heavy (non-hydrogen) atoms. The van der Waals surface area contributed by atoms with E-state index in [4.69, 9.17) is 4.74 Å². The van der Waals surface area contributed by atoms with Crippen LogP contribution in [-0.4, -0.2) is 10.8 Å². The number of unbranched alkanes of at least 4 members (excludes halogenated alkanes) is 5. The van der Waals surface area contributed by atoms with E-state index in [9.17, 15) is 4.79 Å². The van der Waals surface area contributed by atoms with E-state index in [0.717, 1.165) is 49.0 Å². The summed E-state index contributed by atoms with van der Waals surface area (Å²) in [5, 5.41) is 0. The molecule has 4 rings (SSSR count). The van der Waals surface area contributed by atoms with Gasteiger partial charge in [0.05, 0.1) is 6.04 Å². The van der Waals surface area contributed by atoms with E-state index in [1.54, 1.807) is 0 Å². The fraction of sp³-hybridized carbons (Fsp3) is 0.424. The number of amides is 1. The number of rotatable bonds is 13. The van der Waals surface area contributed by atoms with Crippen molar-refractivity contribution in [3.05, 3.63) is 101 Å². The highest BCUT2D eigenvalue weighted by molar-refractivity contribution is 5.77. The van der Waals surface area contributed by atoms with Gasteiger partial charge in [0.1, 0.15) is 12.4 Å². The van der Waals surface area contributed by atoms with Crippen LogP contribution in [0.1, 0.15) is 93.0 Å².